The largest absolute Gasteiger partial charge is 0.382 e. The molecule has 1 saturated heterocycles. The third-order valence-corrected chi connectivity index (χ3v) is 3.87. The van der Waals surface area contributed by atoms with E-state index < -0.39 is 0 Å². The van der Waals surface area contributed by atoms with Gasteiger partial charge in [0.25, 0.3) is 0 Å². The van der Waals surface area contributed by atoms with Crippen molar-refractivity contribution in [3.05, 3.63) is 0 Å². The molecule has 0 saturated carbocycles. The lowest BCUT2D eigenvalue weighted by molar-refractivity contribution is 0.0344. The molecule has 5 heteroatoms. The summed E-state index contributed by atoms with van der Waals surface area (Å²) in [4.78, 5) is 4.57. The van der Waals surface area contributed by atoms with Gasteiger partial charge in [0, 0.05) is 26.0 Å². The van der Waals surface area contributed by atoms with Gasteiger partial charge in [-0.25, -0.2) is 0 Å². The molecule has 100 valence electrons. The van der Waals surface area contributed by atoms with Gasteiger partial charge in [0.2, 0.25) is 0 Å². The standard InChI is InChI=1S/C12H24N2O2S/c1-9(2)11-5-6-17-12(14-11)13-7-10(16-4)8-15-3/h9-11H,5-8H2,1-4H3,(H,13,14). The van der Waals surface area contributed by atoms with Gasteiger partial charge >= 0.3 is 0 Å². The average Bonchev–Trinajstić information content (AvgIpc) is 2.34. The molecule has 2 atom stereocenters. The van der Waals surface area contributed by atoms with Crippen LogP contribution < -0.4 is 5.32 Å². The predicted octanol–water partition coefficient (Wildman–Crippen LogP) is 1.75. The van der Waals surface area contributed by atoms with Crippen LogP contribution in [0.1, 0.15) is 20.3 Å². The minimum atomic E-state index is 0.0503. The van der Waals surface area contributed by atoms with Crippen LogP contribution in [0.4, 0.5) is 0 Å². The number of amidine groups is 1. The lowest BCUT2D eigenvalue weighted by atomic mass is 10.0. The first kappa shape index (κ1) is 14.8. The second-order valence-corrected chi connectivity index (χ2v) is 5.67. The maximum Gasteiger partial charge on any atom is 0.156 e. The van der Waals surface area contributed by atoms with Crippen LogP contribution in [0.5, 0.6) is 0 Å². The Bertz CT molecular complexity index is 247. The van der Waals surface area contributed by atoms with Gasteiger partial charge in [0.05, 0.1) is 19.3 Å². The molecule has 4 nitrogen and oxygen atoms in total. The van der Waals surface area contributed by atoms with Crippen molar-refractivity contribution in [3.8, 4) is 0 Å². The molecule has 1 fully saturated rings. The first-order valence-electron chi connectivity index (χ1n) is 6.12. The number of aliphatic imine (C=N–C) groups is 1. The van der Waals surface area contributed by atoms with E-state index in [1.54, 1.807) is 26.0 Å². The molecule has 0 aromatic heterocycles. The molecular formula is C12H24N2O2S. The highest BCUT2D eigenvalue weighted by Crippen LogP contribution is 2.18. The molecule has 0 radical (unpaired) electrons. The van der Waals surface area contributed by atoms with Crippen molar-refractivity contribution in [2.24, 2.45) is 10.9 Å². The fraction of sp³-hybridized carbons (Fsp3) is 0.917. The lowest BCUT2D eigenvalue weighted by Crippen LogP contribution is -2.41. The molecule has 0 spiro atoms. The van der Waals surface area contributed by atoms with Crippen LogP contribution in [0.2, 0.25) is 0 Å². The summed E-state index contributed by atoms with van der Waals surface area (Å²) in [6.07, 6.45) is 1.27. The molecule has 0 aliphatic carbocycles. The Labute approximate surface area is 109 Å². The number of methoxy groups -OCH3 is 2. The van der Waals surface area contributed by atoms with Gasteiger partial charge in [0.15, 0.2) is 5.17 Å². The summed E-state index contributed by atoms with van der Waals surface area (Å²) in [5.41, 5.74) is 0. The summed E-state index contributed by atoms with van der Waals surface area (Å²) in [5.74, 6) is 1.80. The Morgan fingerprint density at radius 1 is 1.47 bits per heavy atom. The van der Waals surface area contributed by atoms with Crippen molar-refractivity contribution in [1.82, 2.24) is 5.32 Å². The minimum absolute atomic E-state index is 0.0503. The summed E-state index contributed by atoms with van der Waals surface area (Å²) in [7, 11) is 3.38. The van der Waals surface area contributed by atoms with Crippen LogP contribution >= 0.6 is 11.8 Å². The van der Waals surface area contributed by atoms with Crippen molar-refractivity contribution in [2.75, 3.05) is 33.1 Å². The van der Waals surface area contributed by atoms with Crippen molar-refractivity contribution < 1.29 is 9.47 Å². The van der Waals surface area contributed by atoms with Gasteiger partial charge in [-0.2, -0.15) is 0 Å². The van der Waals surface area contributed by atoms with Gasteiger partial charge in [-0.3, -0.25) is 4.99 Å². The van der Waals surface area contributed by atoms with E-state index in [2.05, 4.69) is 24.2 Å². The highest BCUT2D eigenvalue weighted by atomic mass is 32.2. The molecule has 0 bridgehead atoms. The van der Waals surface area contributed by atoms with Crippen molar-refractivity contribution >= 4 is 16.9 Å². The molecule has 0 aromatic rings. The van der Waals surface area contributed by atoms with Crippen LogP contribution in [0.25, 0.3) is 0 Å². The van der Waals surface area contributed by atoms with E-state index in [0.717, 1.165) is 10.9 Å². The summed E-state index contributed by atoms with van der Waals surface area (Å²) in [6, 6.07) is 0.554. The van der Waals surface area contributed by atoms with Crippen LogP contribution in [0.3, 0.4) is 0 Å². The van der Waals surface area contributed by atoms with Gasteiger partial charge in [-0.05, 0) is 12.3 Å². The zero-order valence-electron chi connectivity index (χ0n) is 11.2. The van der Waals surface area contributed by atoms with Crippen molar-refractivity contribution in [3.63, 3.8) is 0 Å². The molecule has 1 heterocycles. The Kier molecular flexibility index (Phi) is 6.92. The molecule has 1 aliphatic heterocycles. The highest BCUT2D eigenvalue weighted by molar-refractivity contribution is 8.13. The first-order chi connectivity index (χ1) is 8.17. The fourth-order valence-corrected chi connectivity index (χ4v) is 2.68. The number of nitrogens with zero attached hydrogens (tertiary/aromatic N) is 1. The van der Waals surface area contributed by atoms with Gasteiger partial charge in [0.1, 0.15) is 0 Å². The zero-order valence-corrected chi connectivity index (χ0v) is 12.0. The van der Waals surface area contributed by atoms with Gasteiger partial charge in [-0.15, -0.1) is 0 Å². The van der Waals surface area contributed by atoms with E-state index >= 15 is 0 Å². The third kappa shape index (κ3) is 5.27. The number of rotatable bonds is 6. The van der Waals surface area contributed by atoms with Crippen LogP contribution in [0.15, 0.2) is 4.99 Å². The average molecular weight is 260 g/mol. The fourth-order valence-electron chi connectivity index (χ4n) is 1.71. The molecule has 0 amide bonds. The summed E-state index contributed by atoms with van der Waals surface area (Å²) in [6.45, 7) is 5.73. The lowest BCUT2D eigenvalue weighted by Gasteiger charge is -2.28. The Balaban J connectivity index is 2.42. The molecule has 1 aliphatic rings. The maximum absolute atomic E-state index is 5.29. The Hall–Kier alpha value is -0.260. The van der Waals surface area contributed by atoms with Crippen LogP contribution in [-0.2, 0) is 9.47 Å². The van der Waals surface area contributed by atoms with Crippen LogP contribution in [0, 0.1) is 5.92 Å². The number of nitrogens with one attached hydrogen (secondary N) is 1. The number of hydrogen-bond acceptors (Lipinski definition) is 4. The number of thioether (sulfide) groups is 1. The van der Waals surface area contributed by atoms with E-state index in [9.17, 15) is 0 Å². The molecule has 0 aromatic carbocycles. The van der Waals surface area contributed by atoms with E-state index in [1.807, 2.05) is 0 Å². The van der Waals surface area contributed by atoms with Gasteiger partial charge < -0.3 is 14.8 Å². The predicted molar refractivity (Wildman–Crippen MR) is 73.8 cm³/mol. The highest BCUT2D eigenvalue weighted by Gasteiger charge is 2.20. The maximum atomic E-state index is 5.29. The third-order valence-electron chi connectivity index (χ3n) is 2.91. The number of ether oxygens (including phenoxy) is 2. The van der Waals surface area contributed by atoms with E-state index in [1.165, 1.54) is 6.42 Å². The van der Waals surface area contributed by atoms with Gasteiger partial charge in [-0.1, -0.05) is 25.6 Å². The molecule has 17 heavy (non-hydrogen) atoms. The quantitative estimate of drug-likeness (QED) is 0.790. The van der Waals surface area contributed by atoms with E-state index in [-0.39, 0.29) is 6.10 Å². The van der Waals surface area contributed by atoms with Crippen LogP contribution in [-0.4, -0.2) is 50.4 Å². The first-order valence-corrected chi connectivity index (χ1v) is 7.11. The monoisotopic (exact) mass is 260 g/mol. The SMILES string of the molecule is COCC(CN=C1NC(C(C)C)CCS1)OC. The summed E-state index contributed by atoms with van der Waals surface area (Å²) >= 11 is 1.80. The summed E-state index contributed by atoms with van der Waals surface area (Å²) in [5, 5.41) is 4.54. The second-order valence-electron chi connectivity index (χ2n) is 4.59. The smallest absolute Gasteiger partial charge is 0.156 e. The van der Waals surface area contributed by atoms with Crippen molar-refractivity contribution in [1.29, 1.82) is 0 Å². The Morgan fingerprint density at radius 3 is 2.82 bits per heavy atom. The topological polar surface area (TPSA) is 42.8 Å². The number of hydrogen-bond donors (Lipinski definition) is 1. The zero-order chi connectivity index (χ0) is 12.7. The summed E-state index contributed by atoms with van der Waals surface area (Å²) < 4.78 is 10.4. The van der Waals surface area contributed by atoms with Crippen molar-refractivity contribution in [2.45, 2.75) is 32.4 Å². The molecular weight excluding hydrogens is 236 g/mol. The second kappa shape index (κ2) is 7.95. The molecule has 1 N–H and O–H groups in total. The molecule has 2 unspecified atom stereocenters. The normalized spacial score (nSPS) is 25.0. The molecule has 1 rings (SSSR count). The van der Waals surface area contributed by atoms with E-state index in [4.69, 9.17) is 9.47 Å². The minimum Gasteiger partial charge on any atom is -0.382 e. The Morgan fingerprint density at radius 2 is 2.24 bits per heavy atom. The van der Waals surface area contributed by atoms with E-state index in [0.29, 0.717) is 25.1 Å².